The third kappa shape index (κ3) is 3.23. The Balaban J connectivity index is 1.63. The molecule has 0 saturated carbocycles. The Bertz CT molecular complexity index is 1050. The number of imidazole rings is 1. The summed E-state index contributed by atoms with van der Waals surface area (Å²) in [4.78, 5) is 23.2. The molecule has 3 N–H and O–H groups in total. The van der Waals surface area contributed by atoms with E-state index in [0.29, 0.717) is 5.82 Å². The van der Waals surface area contributed by atoms with Crippen molar-refractivity contribution in [3.05, 3.63) is 67.3 Å². The van der Waals surface area contributed by atoms with Gasteiger partial charge in [0.1, 0.15) is 12.2 Å². The molecule has 0 fully saturated rings. The van der Waals surface area contributed by atoms with Gasteiger partial charge in [0.2, 0.25) is 5.91 Å². The van der Waals surface area contributed by atoms with E-state index in [9.17, 15) is 4.79 Å². The summed E-state index contributed by atoms with van der Waals surface area (Å²) in [5.74, 6) is 0.259. The van der Waals surface area contributed by atoms with Crippen molar-refractivity contribution in [3.63, 3.8) is 0 Å². The number of hydrogen-bond donors (Lipinski definition) is 2. The van der Waals surface area contributed by atoms with Crippen molar-refractivity contribution in [2.45, 2.75) is 6.54 Å². The van der Waals surface area contributed by atoms with Crippen LogP contribution in [0.3, 0.4) is 0 Å². The van der Waals surface area contributed by atoms with E-state index in [2.05, 4.69) is 20.1 Å². The smallest absolute Gasteiger partial charge is 0.239 e. The topological polar surface area (TPSA) is 102 Å². The van der Waals surface area contributed by atoms with Crippen LogP contribution in [-0.2, 0) is 11.3 Å². The summed E-state index contributed by atoms with van der Waals surface area (Å²) in [6, 6.07) is 13.8. The zero-order valence-corrected chi connectivity index (χ0v) is 13.8. The number of rotatable bonds is 5. The molecule has 3 heterocycles. The molecule has 128 valence electrons. The molecule has 0 aliphatic heterocycles. The highest BCUT2D eigenvalue weighted by Crippen LogP contribution is 2.25. The molecule has 0 aliphatic carbocycles. The van der Waals surface area contributed by atoms with Crippen LogP contribution < -0.4 is 5.73 Å². The van der Waals surface area contributed by atoms with E-state index in [0.717, 1.165) is 28.1 Å². The Kier molecular flexibility index (Phi) is 4.03. The number of aromatic nitrogens is 5. The first kappa shape index (κ1) is 15.8. The third-order valence-corrected chi connectivity index (χ3v) is 3.95. The molecule has 0 radical (unpaired) electrons. The standard InChI is InChI=1S/C19H16N6O/c20-18(26)12-25-11-15(9-23-25)14-6-7-21-16(8-14)19-22-10-17(24-19)13-4-2-1-3-5-13/h1-11H,12H2,(H2,20,26)(H,22,24). The lowest BCUT2D eigenvalue weighted by Crippen LogP contribution is -2.18. The van der Waals surface area contributed by atoms with E-state index in [4.69, 9.17) is 5.73 Å². The number of benzene rings is 1. The quantitative estimate of drug-likeness (QED) is 0.580. The molecule has 26 heavy (non-hydrogen) atoms. The number of nitrogens with zero attached hydrogens (tertiary/aromatic N) is 4. The Morgan fingerprint density at radius 3 is 2.69 bits per heavy atom. The van der Waals surface area contributed by atoms with Gasteiger partial charge in [-0.05, 0) is 23.3 Å². The fraction of sp³-hybridized carbons (Fsp3) is 0.0526. The van der Waals surface area contributed by atoms with Gasteiger partial charge in [0.25, 0.3) is 0 Å². The Labute approximate surface area is 149 Å². The molecule has 4 aromatic rings. The minimum Gasteiger partial charge on any atom is -0.368 e. The highest BCUT2D eigenvalue weighted by Gasteiger charge is 2.09. The van der Waals surface area contributed by atoms with Gasteiger partial charge in [0.05, 0.1) is 18.1 Å². The molecular weight excluding hydrogens is 328 g/mol. The van der Waals surface area contributed by atoms with Gasteiger partial charge in [-0.3, -0.25) is 14.5 Å². The van der Waals surface area contributed by atoms with Crippen molar-refractivity contribution in [1.29, 1.82) is 0 Å². The maximum atomic E-state index is 11.0. The summed E-state index contributed by atoms with van der Waals surface area (Å²) in [5, 5.41) is 4.15. The highest BCUT2D eigenvalue weighted by atomic mass is 16.1. The predicted octanol–water partition coefficient (Wildman–Crippen LogP) is 2.49. The third-order valence-electron chi connectivity index (χ3n) is 3.95. The van der Waals surface area contributed by atoms with Gasteiger partial charge < -0.3 is 10.7 Å². The van der Waals surface area contributed by atoms with E-state index >= 15 is 0 Å². The summed E-state index contributed by atoms with van der Waals surface area (Å²) in [7, 11) is 0. The highest BCUT2D eigenvalue weighted by molar-refractivity contribution is 5.74. The van der Waals surface area contributed by atoms with Crippen molar-refractivity contribution in [2.75, 3.05) is 0 Å². The molecular formula is C19H16N6O. The molecule has 0 aliphatic rings. The lowest BCUT2D eigenvalue weighted by atomic mass is 10.1. The average molecular weight is 344 g/mol. The van der Waals surface area contributed by atoms with Crippen molar-refractivity contribution in [1.82, 2.24) is 24.7 Å². The summed E-state index contributed by atoms with van der Waals surface area (Å²) < 4.78 is 1.51. The minimum atomic E-state index is -0.431. The van der Waals surface area contributed by atoms with E-state index in [1.807, 2.05) is 42.5 Å². The molecule has 1 aromatic carbocycles. The van der Waals surface area contributed by atoms with Crippen LogP contribution in [-0.4, -0.2) is 30.6 Å². The second-order valence-electron chi connectivity index (χ2n) is 5.83. The normalized spacial score (nSPS) is 10.8. The monoisotopic (exact) mass is 344 g/mol. The molecule has 0 spiro atoms. The van der Waals surface area contributed by atoms with Gasteiger partial charge >= 0.3 is 0 Å². The Morgan fingerprint density at radius 1 is 1.04 bits per heavy atom. The Morgan fingerprint density at radius 2 is 1.88 bits per heavy atom. The van der Waals surface area contributed by atoms with Crippen LogP contribution in [0.1, 0.15) is 0 Å². The number of aromatic amines is 1. The fourth-order valence-corrected chi connectivity index (χ4v) is 2.71. The zero-order valence-electron chi connectivity index (χ0n) is 13.8. The molecule has 0 atom stereocenters. The lowest BCUT2D eigenvalue weighted by molar-refractivity contribution is -0.118. The molecule has 0 saturated heterocycles. The first-order valence-electron chi connectivity index (χ1n) is 8.07. The average Bonchev–Trinajstić information content (AvgIpc) is 3.32. The summed E-state index contributed by atoms with van der Waals surface area (Å²) in [6.45, 7) is 0.0521. The largest absolute Gasteiger partial charge is 0.368 e. The number of pyridine rings is 1. The summed E-state index contributed by atoms with van der Waals surface area (Å²) in [6.07, 6.45) is 6.99. The van der Waals surface area contributed by atoms with Crippen LogP contribution in [0.15, 0.2) is 67.3 Å². The predicted molar refractivity (Wildman–Crippen MR) is 97.7 cm³/mol. The summed E-state index contributed by atoms with van der Waals surface area (Å²) in [5.41, 5.74) is 9.74. The maximum absolute atomic E-state index is 11.0. The second kappa shape index (κ2) is 6.64. The van der Waals surface area contributed by atoms with Crippen molar-refractivity contribution in [2.24, 2.45) is 5.73 Å². The Hall–Kier alpha value is -3.74. The number of hydrogen-bond acceptors (Lipinski definition) is 4. The number of amides is 1. The van der Waals surface area contributed by atoms with Crippen LogP contribution in [0.4, 0.5) is 0 Å². The van der Waals surface area contributed by atoms with Gasteiger partial charge in [-0.15, -0.1) is 0 Å². The van der Waals surface area contributed by atoms with Gasteiger partial charge in [-0.1, -0.05) is 30.3 Å². The molecule has 7 heteroatoms. The SMILES string of the molecule is NC(=O)Cn1cc(-c2ccnc(-c3ncc(-c4ccccc4)[nH]3)c2)cn1. The molecule has 7 nitrogen and oxygen atoms in total. The minimum absolute atomic E-state index is 0.0521. The van der Waals surface area contributed by atoms with E-state index in [1.54, 1.807) is 24.8 Å². The first-order chi connectivity index (χ1) is 12.7. The molecule has 3 aromatic heterocycles. The van der Waals surface area contributed by atoms with Crippen LogP contribution >= 0.6 is 0 Å². The number of H-pyrrole nitrogens is 1. The van der Waals surface area contributed by atoms with Crippen LogP contribution in [0.5, 0.6) is 0 Å². The van der Waals surface area contributed by atoms with Crippen LogP contribution in [0, 0.1) is 0 Å². The molecule has 0 bridgehead atoms. The van der Waals surface area contributed by atoms with Gasteiger partial charge in [0.15, 0.2) is 5.82 Å². The van der Waals surface area contributed by atoms with Crippen molar-refractivity contribution < 1.29 is 4.79 Å². The molecule has 0 unspecified atom stereocenters. The molecule has 4 rings (SSSR count). The van der Waals surface area contributed by atoms with Gasteiger partial charge in [-0.2, -0.15) is 5.10 Å². The fourth-order valence-electron chi connectivity index (χ4n) is 2.71. The number of nitrogens with two attached hydrogens (primary N) is 1. The molecule has 1 amide bonds. The number of carbonyl (C=O) groups is 1. The van der Waals surface area contributed by atoms with Crippen molar-refractivity contribution >= 4 is 5.91 Å². The lowest BCUT2D eigenvalue weighted by Gasteiger charge is -2.01. The zero-order chi connectivity index (χ0) is 17.9. The maximum Gasteiger partial charge on any atom is 0.239 e. The van der Waals surface area contributed by atoms with E-state index in [1.165, 1.54) is 4.68 Å². The van der Waals surface area contributed by atoms with Crippen LogP contribution in [0.25, 0.3) is 33.9 Å². The summed E-state index contributed by atoms with van der Waals surface area (Å²) >= 11 is 0. The van der Waals surface area contributed by atoms with Gasteiger partial charge in [-0.25, -0.2) is 4.98 Å². The number of nitrogens with one attached hydrogen (secondary N) is 1. The first-order valence-corrected chi connectivity index (χ1v) is 8.07. The van der Waals surface area contributed by atoms with Gasteiger partial charge in [0, 0.05) is 18.0 Å². The second-order valence-corrected chi connectivity index (χ2v) is 5.83. The van der Waals surface area contributed by atoms with Crippen molar-refractivity contribution in [3.8, 4) is 33.9 Å². The number of primary amides is 1. The van der Waals surface area contributed by atoms with E-state index in [-0.39, 0.29) is 6.54 Å². The number of carbonyl (C=O) groups excluding carboxylic acids is 1. The van der Waals surface area contributed by atoms with E-state index < -0.39 is 5.91 Å². The van der Waals surface area contributed by atoms with Crippen LogP contribution in [0.2, 0.25) is 0 Å².